The molecule has 1 atom stereocenters. The van der Waals surface area contributed by atoms with E-state index in [4.69, 9.17) is 0 Å². The Morgan fingerprint density at radius 3 is 2.55 bits per heavy atom. The molecule has 0 bridgehead atoms. The number of hydrogen-bond donors (Lipinski definition) is 0. The van der Waals surface area contributed by atoms with E-state index in [1.54, 1.807) is 0 Å². The molecule has 3 rings (SSSR count). The summed E-state index contributed by atoms with van der Waals surface area (Å²) >= 11 is 0. The Labute approximate surface area is 132 Å². The molecule has 5 heteroatoms. The van der Waals surface area contributed by atoms with Gasteiger partial charge in [-0.05, 0) is 57.1 Å². The number of likely N-dealkylation sites (tertiary alicyclic amines) is 1. The van der Waals surface area contributed by atoms with Crippen LogP contribution in [-0.2, 0) is 0 Å². The van der Waals surface area contributed by atoms with Crippen LogP contribution >= 0.6 is 0 Å². The first-order valence-electron chi connectivity index (χ1n) is 8.69. The molecule has 2 fully saturated rings. The van der Waals surface area contributed by atoms with Gasteiger partial charge in [-0.15, -0.1) is 10.2 Å². The molecular weight excluding hydrogens is 276 g/mol. The Hall–Kier alpha value is -1.65. The first-order chi connectivity index (χ1) is 10.8. The highest BCUT2D eigenvalue weighted by molar-refractivity contribution is 5.92. The Bertz CT molecular complexity index is 496. The lowest BCUT2D eigenvalue weighted by atomic mass is 10.0. The summed E-state index contributed by atoms with van der Waals surface area (Å²) in [6.07, 6.45) is 8.30. The summed E-state index contributed by atoms with van der Waals surface area (Å²) in [6.45, 7) is 4.98. The van der Waals surface area contributed by atoms with Crippen LogP contribution in [0.5, 0.6) is 0 Å². The molecule has 0 spiro atoms. The zero-order chi connectivity index (χ0) is 15.4. The quantitative estimate of drug-likeness (QED) is 0.861. The number of amides is 1. The third-order valence-corrected chi connectivity index (χ3v) is 4.91. The van der Waals surface area contributed by atoms with Crippen molar-refractivity contribution in [3.8, 4) is 0 Å². The van der Waals surface area contributed by atoms with E-state index in [9.17, 15) is 4.79 Å². The van der Waals surface area contributed by atoms with Gasteiger partial charge in [0.1, 0.15) is 0 Å². The van der Waals surface area contributed by atoms with Crippen molar-refractivity contribution in [2.75, 3.05) is 24.5 Å². The van der Waals surface area contributed by atoms with E-state index in [0.717, 1.165) is 44.7 Å². The topological polar surface area (TPSA) is 49.3 Å². The van der Waals surface area contributed by atoms with Crippen molar-refractivity contribution in [1.29, 1.82) is 0 Å². The number of hydrogen-bond acceptors (Lipinski definition) is 4. The highest BCUT2D eigenvalue weighted by Gasteiger charge is 2.24. The number of aromatic nitrogens is 2. The molecule has 1 amide bonds. The van der Waals surface area contributed by atoms with Crippen molar-refractivity contribution in [2.45, 2.75) is 57.9 Å². The molecular formula is C17H26N4O. The van der Waals surface area contributed by atoms with Crippen molar-refractivity contribution in [2.24, 2.45) is 0 Å². The molecule has 0 saturated carbocycles. The molecule has 0 N–H and O–H groups in total. The van der Waals surface area contributed by atoms with Crippen LogP contribution in [0, 0.1) is 0 Å². The minimum Gasteiger partial charge on any atom is -0.352 e. The van der Waals surface area contributed by atoms with Crippen molar-refractivity contribution in [1.82, 2.24) is 15.1 Å². The third kappa shape index (κ3) is 3.23. The van der Waals surface area contributed by atoms with Crippen LogP contribution < -0.4 is 4.90 Å². The van der Waals surface area contributed by atoms with Crippen molar-refractivity contribution >= 4 is 11.7 Å². The Kier molecular flexibility index (Phi) is 4.90. The van der Waals surface area contributed by atoms with Crippen molar-refractivity contribution in [3.05, 3.63) is 17.8 Å². The number of carbonyl (C=O) groups is 1. The fourth-order valence-corrected chi connectivity index (χ4v) is 3.58. The molecule has 0 aliphatic carbocycles. The number of nitrogens with zero attached hydrogens (tertiary/aromatic N) is 4. The molecule has 2 aliphatic rings. The van der Waals surface area contributed by atoms with E-state index in [1.807, 2.05) is 17.0 Å². The van der Waals surface area contributed by atoms with Gasteiger partial charge in [-0.2, -0.15) is 0 Å². The normalized spacial score (nSPS) is 22.7. The van der Waals surface area contributed by atoms with Gasteiger partial charge in [0.05, 0.1) is 0 Å². The summed E-state index contributed by atoms with van der Waals surface area (Å²) in [5.41, 5.74) is 0.482. The van der Waals surface area contributed by atoms with Crippen molar-refractivity contribution < 1.29 is 4.79 Å². The average Bonchev–Trinajstić information content (AvgIpc) is 2.62. The number of anilines is 1. The summed E-state index contributed by atoms with van der Waals surface area (Å²) in [7, 11) is 0. The van der Waals surface area contributed by atoms with Crippen LogP contribution in [0.4, 0.5) is 5.82 Å². The first kappa shape index (κ1) is 15.3. The first-order valence-corrected chi connectivity index (χ1v) is 8.69. The summed E-state index contributed by atoms with van der Waals surface area (Å²) < 4.78 is 0. The number of carbonyl (C=O) groups excluding carboxylic acids is 1. The minimum atomic E-state index is 0.0319. The maximum absolute atomic E-state index is 12.4. The van der Waals surface area contributed by atoms with E-state index in [1.165, 1.54) is 25.7 Å². The van der Waals surface area contributed by atoms with Gasteiger partial charge in [-0.25, -0.2) is 0 Å². The maximum Gasteiger partial charge on any atom is 0.274 e. The van der Waals surface area contributed by atoms with Gasteiger partial charge in [0.25, 0.3) is 5.91 Å². The van der Waals surface area contributed by atoms with E-state index in [2.05, 4.69) is 22.0 Å². The van der Waals surface area contributed by atoms with Gasteiger partial charge >= 0.3 is 0 Å². The molecule has 0 aromatic carbocycles. The van der Waals surface area contributed by atoms with E-state index in [-0.39, 0.29) is 5.91 Å². The summed E-state index contributed by atoms with van der Waals surface area (Å²) in [5, 5.41) is 8.56. The Morgan fingerprint density at radius 2 is 1.86 bits per heavy atom. The standard InChI is InChI=1S/C17H26N4O/c1-2-14-8-4-7-13-21(14)16-10-9-15(18-19-16)17(22)20-11-5-3-6-12-20/h9-10,14H,2-8,11-13H2,1H3. The fourth-order valence-electron chi connectivity index (χ4n) is 3.58. The smallest absolute Gasteiger partial charge is 0.274 e. The lowest BCUT2D eigenvalue weighted by molar-refractivity contribution is 0.0717. The van der Waals surface area contributed by atoms with E-state index in [0.29, 0.717) is 11.7 Å². The zero-order valence-corrected chi connectivity index (χ0v) is 13.5. The van der Waals surface area contributed by atoms with E-state index < -0.39 is 0 Å². The molecule has 22 heavy (non-hydrogen) atoms. The molecule has 2 saturated heterocycles. The summed E-state index contributed by atoms with van der Waals surface area (Å²) in [6, 6.07) is 4.38. The van der Waals surface area contributed by atoms with Crippen LogP contribution in [0.1, 0.15) is 62.4 Å². The van der Waals surface area contributed by atoms with Crippen LogP contribution in [0.25, 0.3) is 0 Å². The number of piperidine rings is 2. The van der Waals surface area contributed by atoms with Crippen LogP contribution in [0.2, 0.25) is 0 Å². The zero-order valence-electron chi connectivity index (χ0n) is 13.5. The maximum atomic E-state index is 12.4. The summed E-state index contributed by atoms with van der Waals surface area (Å²) in [4.78, 5) is 16.7. The van der Waals surface area contributed by atoms with Crippen LogP contribution in [-0.4, -0.2) is 46.7 Å². The molecule has 2 aliphatic heterocycles. The average molecular weight is 302 g/mol. The monoisotopic (exact) mass is 302 g/mol. The van der Waals surface area contributed by atoms with Crippen LogP contribution in [0.3, 0.4) is 0 Å². The predicted octanol–water partition coefficient (Wildman–Crippen LogP) is 2.87. The predicted molar refractivity (Wildman–Crippen MR) is 87.1 cm³/mol. The SMILES string of the molecule is CCC1CCCCN1c1ccc(C(=O)N2CCCCC2)nn1. The van der Waals surface area contributed by atoms with Gasteiger partial charge in [0.15, 0.2) is 11.5 Å². The molecule has 0 radical (unpaired) electrons. The summed E-state index contributed by atoms with van der Waals surface area (Å²) in [5.74, 6) is 0.950. The highest BCUT2D eigenvalue weighted by Crippen LogP contribution is 2.24. The molecule has 1 aromatic heterocycles. The molecule has 1 unspecified atom stereocenters. The Morgan fingerprint density at radius 1 is 1.09 bits per heavy atom. The van der Waals surface area contributed by atoms with Gasteiger partial charge in [0.2, 0.25) is 0 Å². The van der Waals surface area contributed by atoms with Gasteiger partial charge in [-0.3, -0.25) is 4.79 Å². The van der Waals surface area contributed by atoms with E-state index >= 15 is 0 Å². The Balaban J connectivity index is 1.70. The van der Waals surface area contributed by atoms with Gasteiger partial charge in [0, 0.05) is 25.7 Å². The largest absolute Gasteiger partial charge is 0.352 e. The van der Waals surface area contributed by atoms with Gasteiger partial charge in [-0.1, -0.05) is 6.92 Å². The van der Waals surface area contributed by atoms with Gasteiger partial charge < -0.3 is 9.80 Å². The lowest BCUT2D eigenvalue weighted by Gasteiger charge is -2.35. The second-order valence-electron chi connectivity index (χ2n) is 6.38. The fraction of sp³-hybridized carbons (Fsp3) is 0.706. The second-order valence-corrected chi connectivity index (χ2v) is 6.38. The van der Waals surface area contributed by atoms with Crippen LogP contribution in [0.15, 0.2) is 12.1 Å². The second kappa shape index (κ2) is 7.07. The molecule has 1 aromatic rings. The minimum absolute atomic E-state index is 0.0319. The molecule has 5 nitrogen and oxygen atoms in total. The third-order valence-electron chi connectivity index (χ3n) is 4.91. The molecule has 120 valence electrons. The van der Waals surface area contributed by atoms with Crippen molar-refractivity contribution in [3.63, 3.8) is 0 Å². The number of rotatable bonds is 3. The highest BCUT2D eigenvalue weighted by atomic mass is 16.2. The lowest BCUT2D eigenvalue weighted by Crippen LogP contribution is -2.40. The molecule has 3 heterocycles.